The molecule has 1 aromatic rings. The van der Waals surface area contributed by atoms with E-state index in [0.717, 1.165) is 25.1 Å². The van der Waals surface area contributed by atoms with Gasteiger partial charge in [0.2, 0.25) is 10.0 Å². The molecule has 1 aliphatic rings. The maximum atomic E-state index is 11.8. The highest BCUT2D eigenvalue weighted by molar-refractivity contribution is 7.89. The maximum absolute atomic E-state index is 11.8. The summed E-state index contributed by atoms with van der Waals surface area (Å²) >= 11 is 0. The highest BCUT2D eigenvalue weighted by atomic mass is 32.2. The van der Waals surface area contributed by atoms with Crippen molar-refractivity contribution in [3.8, 4) is 5.75 Å². The molecule has 2 rings (SSSR count). The lowest BCUT2D eigenvalue weighted by Gasteiger charge is -2.16. The normalized spacial score (nSPS) is 17.4. The second kappa shape index (κ2) is 10.2. The molecule has 1 heterocycles. The Labute approximate surface area is 150 Å². The van der Waals surface area contributed by atoms with E-state index in [9.17, 15) is 8.42 Å². The number of ether oxygens (including phenoxy) is 1. The molecule has 0 bridgehead atoms. The first-order valence-electron chi connectivity index (χ1n) is 8.79. The molecule has 25 heavy (non-hydrogen) atoms. The Morgan fingerprint density at radius 1 is 1.28 bits per heavy atom. The van der Waals surface area contributed by atoms with Gasteiger partial charge in [0.05, 0.1) is 12.4 Å². The zero-order valence-corrected chi connectivity index (χ0v) is 15.6. The third-order valence-electron chi connectivity index (χ3n) is 3.79. The van der Waals surface area contributed by atoms with Crippen LogP contribution >= 0.6 is 0 Å². The lowest BCUT2D eigenvalue weighted by molar-refractivity contribution is 0.313. The summed E-state index contributed by atoms with van der Waals surface area (Å²) in [5, 5.41) is 6.35. The third-order valence-corrected chi connectivity index (χ3v) is 5.74. The molecule has 0 unspecified atom stereocenters. The van der Waals surface area contributed by atoms with E-state index in [2.05, 4.69) is 15.6 Å². The lowest BCUT2D eigenvalue weighted by atomic mass is 10.3. The minimum absolute atomic E-state index is 0.266. The fourth-order valence-electron chi connectivity index (χ4n) is 2.55. The fraction of sp³-hybridized carbons (Fsp3) is 0.588. The molecule has 1 aliphatic heterocycles. The summed E-state index contributed by atoms with van der Waals surface area (Å²) in [5.41, 5.74) is 0. The first-order chi connectivity index (χ1) is 12.1. The van der Waals surface area contributed by atoms with Gasteiger partial charge in [-0.15, -0.1) is 0 Å². The molecule has 140 valence electrons. The molecular formula is C17H28N4O3S. The van der Waals surface area contributed by atoms with E-state index in [1.807, 2.05) is 37.3 Å². The van der Waals surface area contributed by atoms with Crippen LogP contribution in [0.25, 0.3) is 0 Å². The molecule has 0 atom stereocenters. The van der Waals surface area contributed by atoms with Gasteiger partial charge >= 0.3 is 0 Å². The Morgan fingerprint density at radius 3 is 2.76 bits per heavy atom. The average molecular weight is 369 g/mol. The van der Waals surface area contributed by atoms with Crippen LogP contribution in [0, 0.1) is 0 Å². The number of guanidine groups is 1. The summed E-state index contributed by atoms with van der Waals surface area (Å²) in [5.74, 6) is 1.84. The Morgan fingerprint density at radius 2 is 2.08 bits per heavy atom. The van der Waals surface area contributed by atoms with Crippen molar-refractivity contribution in [3.63, 3.8) is 0 Å². The average Bonchev–Trinajstić information content (AvgIpc) is 2.94. The molecule has 0 aromatic heterocycles. The molecule has 0 radical (unpaired) electrons. The predicted molar refractivity (Wildman–Crippen MR) is 101 cm³/mol. The molecule has 0 spiro atoms. The molecule has 0 aliphatic carbocycles. The Bertz CT molecular complexity index is 635. The fourth-order valence-corrected chi connectivity index (χ4v) is 4.07. The van der Waals surface area contributed by atoms with Gasteiger partial charge in [-0.25, -0.2) is 12.7 Å². The number of rotatable bonds is 9. The topological polar surface area (TPSA) is 83.0 Å². The van der Waals surface area contributed by atoms with Crippen molar-refractivity contribution in [2.24, 2.45) is 4.99 Å². The first kappa shape index (κ1) is 19.5. The second-order valence-corrected chi connectivity index (χ2v) is 7.86. The van der Waals surface area contributed by atoms with E-state index in [1.165, 1.54) is 4.31 Å². The smallest absolute Gasteiger partial charge is 0.214 e. The zero-order valence-electron chi connectivity index (χ0n) is 14.8. The molecule has 1 fully saturated rings. The van der Waals surface area contributed by atoms with Crippen LogP contribution in [0.5, 0.6) is 5.75 Å². The number of sulfonamides is 1. The summed E-state index contributed by atoms with van der Waals surface area (Å²) in [6, 6.07) is 9.71. The van der Waals surface area contributed by atoms with Gasteiger partial charge in [-0.05, 0) is 25.5 Å². The maximum Gasteiger partial charge on any atom is 0.214 e. The molecule has 1 aromatic carbocycles. The van der Waals surface area contributed by atoms with Gasteiger partial charge in [0.15, 0.2) is 5.96 Å². The third kappa shape index (κ3) is 6.91. The van der Waals surface area contributed by atoms with Crippen LogP contribution in [-0.4, -0.2) is 63.8 Å². The van der Waals surface area contributed by atoms with Gasteiger partial charge in [-0.3, -0.25) is 4.99 Å². The van der Waals surface area contributed by atoms with Gasteiger partial charge in [0, 0.05) is 39.1 Å². The van der Waals surface area contributed by atoms with Gasteiger partial charge in [-0.1, -0.05) is 18.2 Å². The predicted octanol–water partition coefficient (Wildman–Crippen LogP) is 1.05. The van der Waals surface area contributed by atoms with Crippen molar-refractivity contribution in [3.05, 3.63) is 30.3 Å². The van der Waals surface area contributed by atoms with Gasteiger partial charge in [0.1, 0.15) is 5.75 Å². The van der Waals surface area contributed by atoms with Crippen molar-refractivity contribution in [2.45, 2.75) is 19.8 Å². The molecule has 0 saturated carbocycles. The van der Waals surface area contributed by atoms with E-state index >= 15 is 0 Å². The monoisotopic (exact) mass is 368 g/mol. The number of hydrogen-bond donors (Lipinski definition) is 2. The van der Waals surface area contributed by atoms with E-state index in [0.29, 0.717) is 38.7 Å². The van der Waals surface area contributed by atoms with Crippen LogP contribution in [0.3, 0.4) is 0 Å². The van der Waals surface area contributed by atoms with Gasteiger partial charge in [-0.2, -0.15) is 0 Å². The number of nitrogens with zero attached hydrogens (tertiary/aromatic N) is 2. The van der Waals surface area contributed by atoms with Crippen LogP contribution < -0.4 is 15.4 Å². The summed E-state index contributed by atoms with van der Waals surface area (Å²) < 4.78 is 30.7. The van der Waals surface area contributed by atoms with Gasteiger partial charge < -0.3 is 15.4 Å². The van der Waals surface area contributed by atoms with Crippen LogP contribution in [0.2, 0.25) is 0 Å². The summed E-state index contributed by atoms with van der Waals surface area (Å²) in [4.78, 5) is 4.49. The molecule has 8 heteroatoms. The Hall–Kier alpha value is -1.80. The van der Waals surface area contributed by atoms with E-state index in [1.54, 1.807) is 0 Å². The minimum atomic E-state index is -3.03. The van der Waals surface area contributed by atoms with E-state index in [4.69, 9.17) is 4.74 Å². The summed E-state index contributed by atoms with van der Waals surface area (Å²) in [6.45, 7) is 5.65. The number of aliphatic imine (C=N–C) groups is 1. The van der Waals surface area contributed by atoms with Crippen molar-refractivity contribution < 1.29 is 13.2 Å². The quantitative estimate of drug-likeness (QED) is 0.387. The van der Waals surface area contributed by atoms with Crippen LogP contribution in [0.1, 0.15) is 19.8 Å². The Balaban J connectivity index is 1.67. The highest BCUT2D eigenvalue weighted by Gasteiger charge is 2.27. The number of para-hydroxylation sites is 1. The number of nitrogens with one attached hydrogen (secondary N) is 2. The lowest BCUT2D eigenvalue weighted by Crippen LogP contribution is -2.42. The molecule has 0 amide bonds. The SMILES string of the molecule is CCNC(=NCCCOc1ccccc1)NCCN1CCCS1(=O)=O. The minimum Gasteiger partial charge on any atom is -0.494 e. The molecule has 2 N–H and O–H groups in total. The Kier molecular flexibility index (Phi) is 8.00. The van der Waals surface area contributed by atoms with Crippen LogP contribution in [0.15, 0.2) is 35.3 Å². The van der Waals surface area contributed by atoms with Crippen molar-refractivity contribution in [1.29, 1.82) is 0 Å². The van der Waals surface area contributed by atoms with Crippen molar-refractivity contribution in [1.82, 2.24) is 14.9 Å². The second-order valence-electron chi connectivity index (χ2n) is 5.77. The van der Waals surface area contributed by atoms with Gasteiger partial charge in [0.25, 0.3) is 0 Å². The molecule has 1 saturated heterocycles. The standard InChI is InChI=1S/C17H28N4O3S/c1-2-18-17(20-11-13-21-12-7-15-25(21,22)23)19-10-6-14-24-16-8-4-3-5-9-16/h3-5,8-9H,2,6-7,10-15H2,1H3,(H2,18,19,20). The van der Waals surface area contributed by atoms with E-state index in [-0.39, 0.29) is 5.75 Å². The van der Waals surface area contributed by atoms with Crippen molar-refractivity contribution >= 4 is 16.0 Å². The van der Waals surface area contributed by atoms with E-state index < -0.39 is 10.0 Å². The summed E-state index contributed by atoms with van der Waals surface area (Å²) in [6.07, 6.45) is 1.53. The number of benzene rings is 1. The van der Waals surface area contributed by atoms with Crippen LogP contribution in [-0.2, 0) is 10.0 Å². The summed E-state index contributed by atoms with van der Waals surface area (Å²) in [7, 11) is -3.03. The highest BCUT2D eigenvalue weighted by Crippen LogP contribution is 2.11. The first-order valence-corrected chi connectivity index (χ1v) is 10.4. The number of hydrogen-bond acceptors (Lipinski definition) is 4. The molecular weight excluding hydrogens is 340 g/mol. The molecule has 7 nitrogen and oxygen atoms in total. The largest absolute Gasteiger partial charge is 0.494 e. The zero-order chi connectivity index (χ0) is 18.0. The van der Waals surface area contributed by atoms with Crippen LogP contribution in [0.4, 0.5) is 0 Å². The van der Waals surface area contributed by atoms with Crippen molar-refractivity contribution in [2.75, 3.05) is 45.1 Å².